The van der Waals surface area contributed by atoms with Crippen LogP contribution in [0.1, 0.15) is 32.8 Å². The van der Waals surface area contributed by atoms with Crippen LogP contribution >= 0.6 is 23.1 Å². The number of aryl methyl sites for hydroxylation is 1. The predicted octanol–water partition coefficient (Wildman–Crippen LogP) is 4.16. The first kappa shape index (κ1) is 16.5. The van der Waals surface area contributed by atoms with E-state index in [-0.39, 0.29) is 5.91 Å². The van der Waals surface area contributed by atoms with E-state index in [9.17, 15) is 4.79 Å². The molecule has 0 aromatic carbocycles. The molecule has 0 spiro atoms. The lowest BCUT2D eigenvalue weighted by Gasteiger charge is -2.19. The Hall–Kier alpha value is -1.99. The quantitative estimate of drug-likeness (QED) is 0.692. The van der Waals surface area contributed by atoms with Crippen molar-refractivity contribution in [3.8, 4) is 5.13 Å². The highest BCUT2D eigenvalue weighted by Crippen LogP contribution is 2.35. The van der Waals surface area contributed by atoms with Gasteiger partial charge in [-0.1, -0.05) is 11.3 Å². The van der Waals surface area contributed by atoms with Gasteiger partial charge in [0.2, 0.25) is 0 Å². The molecule has 5 nitrogen and oxygen atoms in total. The number of nitrogens with zero attached hydrogens (tertiary/aromatic N) is 3. The van der Waals surface area contributed by atoms with Crippen molar-refractivity contribution in [2.24, 2.45) is 0 Å². The van der Waals surface area contributed by atoms with Crippen LogP contribution in [0.25, 0.3) is 5.13 Å². The van der Waals surface area contributed by atoms with Gasteiger partial charge in [0.25, 0.3) is 5.91 Å². The zero-order valence-electron chi connectivity index (χ0n) is 13.9. The Morgan fingerprint density at radius 1 is 1.28 bits per heavy atom. The highest BCUT2D eigenvalue weighted by molar-refractivity contribution is 7.99. The molecule has 25 heavy (non-hydrogen) atoms. The summed E-state index contributed by atoms with van der Waals surface area (Å²) in [6.45, 7) is 3.42. The van der Waals surface area contributed by atoms with Crippen molar-refractivity contribution in [2.75, 3.05) is 18.8 Å². The number of thioether (sulfide) groups is 1. The molecule has 1 atom stereocenters. The zero-order chi connectivity index (χ0) is 17.2. The van der Waals surface area contributed by atoms with Crippen molar-refractivity contribution < 1.29 is 9.21 Å². The van der Waals surface area contributed by atoms with E-state index < -0.39 is 0 Å². The lowest BCUT2D eigenvalue weighted by molar-refractivity contribution is 0.0770. The third kappa shape index (κ3) is 3.39. The number of furan rings is 1. The topological polar surface area (TPSA) is 51.3 Å². The van der Waals surface area contributed by atoms with Crippen molar-refractivity contribution in [1.82, 2.24) is 14.5 Å². The fraction of sp³-hybridized carbons (Fsp3) is 0.333. The maximum atomic E-state index is 13.0. The third-order valence-electron chi connectivity index (χ3n) is 4.29. The molecule has 3 aromatic rings. The SMILES string of the molecule is Cc1nc(-n2cccc2)sc1C(=O)N1CCSC(c2ccco2)CC1. The van der Waals surface area contributed by atoms with Gasteiger partial charge >= 0.3 is 0 Å². The molecule has 0 saturated carbocycles. The van der Waals surface area contributed by atoms with E-state index in [1.807, 2.05) is 64.8 Å². The average Bonchev–Trinajstić information content (AvgIpc) is 3.34. The fourth-order valence-electron chi connectivity index (χ4n) is 2.97. The van der Waals surface area contributed by atoms with Crippen LogP contribution in [0.2, 0.25) is 0 Å². The van der Waals surface area contributed by atoms with Gasteiger partial charge in [-0.2, -0.15) is 0 Å². The summed E-state index contributed by atoms with van der Waals surface area (Å²) in [5.74, 6) is 2.01. The van der Waals surface area contributed by atoms with E-state index in [2.05, 4.69) is 4.98 Å². The molecular weight excluding hydrogens is 354 g/mol. The number of carbonyl (C=O) groups excluding carboxylic acids is 1. The third-order valence-corrected chi connectivity index (χ3v) is 6.74. The summed E-state index contributed by atoms with van der Waals surface area (Å²) in [5, 5.41) is 1.16. The van der Waals surface area contributed by atoms with Crippen LogP contribution in [0.4, 0.5) is 0 Å². The molecule has 0 aliphatic carbocycles. The van der Waals surface area contributed by atoms with Crippen molar-refractivity contribution >= 4 is 29.0 Å². The number of aromatic nitrogens is 2. The van der Waals surface area contributed by atoms with E-state index in [0.717, 1.165) is 46.7 Å². The summed E-state index contributed by atoms with van der Waals surface area (Å²) in [6.07, 6.45) is 6.52. The Balaban J connectivity index is 1.49. The molecule has 1 fully saturated rings. The van der Waals surface area contributed by atoms with E-state index in [1.54, 1.807) is 6.26 Å². The Morgan fingerprint density at radius 3 is 2.88 bits per heavy atom. The standard InChI is InChI=1S/C18H19N3O2S2/c1-13-16(25-18(19-13)21-7-2-3-8-21)17(22)20-9-6-15(24-12-10-20)14-5-4-11-23-14/h2-5,7-8,11,15H,6,9-10,12H2,1H3. The molecule has 4 rings (SSSR count). The van der Waals surface area contributed by atoms with E-state index >= 15 is 0 Å². The lowest BCUT2D eigenvalue weighted by atomic mass is 10.2. The van der Waals surface area contributed by atoms with Gasteiger partial charge in [-0.15, -0.1) is 11.8 Å². The second-order valence-corrected chi connectivity index (χ2v) is 8.25. The minimum atomic E-state index is 0.0918. The minimum Gasteiger partial charge on any atom is -0.468 e. The van der Waals surface area contributed by atoms with Gasteiger partial charge in [0.05, 0.1) is 17.2 Å². The van der Waals surface area contributed by atoms with Gasteiger partial charge in [0, 0.05) is 31.2 Å². The smallest absolute Gasteiger partial charge is 0.265 e. The summed E-state index contributed by atoms with van der Waals surface area (Å²) in [5.41, 5.74) is 0.804. The predicted molar refractivity (Wildman–Crippen MR) is 101 cm³/mol. The number of rotatable bonds is 3. The zero-order valence-corrected chi connectivity index (χ0v) is 15.6. The molecule has 3 aromatic heterocycles. The van der Waals surface area contributed by atoms with Gasteiger partial charge in [-0.05, 0) is 37.6 Å². The normalized spacial score (nSPS) is 18.3. The summed E-state index contributed by atoms with van der Waals surface area (Å²) < 4.78 is 7.48. The number of hydrogen-bond acceptors (Lipinski definition) is 5. The molecule has 7 heteroatoms. The Bertz CT molecular complexity index is 840. The van der Waals surface area contributed by atoms with Gasteiger partial charge in [0.15, 0.2) is 5.13 Å². The number of hydrogen-bond donors (Lipinski definition) is 0. The van der Waals surface area contributed by atoms with Gasteiger partial charge in [-0.3, -0.25) is 4.79 Å². The molecule has 1 aliphatic rings. The van der Waals surface area contributed by atoms with Crippen LogP contribution in [0.15, 0.2) is 47.3 Å². The average molecular weight is 374 g/mol. The maximum absolute atomic E-state index is 13.0. The second kappa shape index (κ2) is 7.09. The van der Waals surface area contributed by atoms with Gasteiger partial charge < -0.3 is 13.9 Å². The van der Waals surface area contributed by atoms with Crippen LogP contribution in [-0.2, 0) is 0 Å². The summed E-state index contributed by atoms with van der Waals surface area (Å²) in [7, 11) is 0. The monoisotopic (exact) mass is 373 g/mol. The number of amides is 1. The van der Waals surface area contributed by atoms with Crippen molar-refractivity contribution in [3.05, 3.63) is 59.3 Å². The second-order valence-electron chi connectivity index (χ2n) is 5.96. The fourth-order valence-corrected chi connectivity index (χ4v) is 5.15. The van der Waals surface area contributed by atoms with Gasteiger partial charge in [0.1, 0.15) is 10.6 Å². The first-order valence-corrected chi connectivity index (χ1v) is 10.1. The summed E-state index contributed by atoms with van der Waals surface area (Å²) in [6, 6.07) is 7.86. The van der Waals surface area contributed by atoms with Crippen LogP contribution < -0.4 is 0 Å². The van der Waals surface area contributed by atoms with Crippen LogP contribution in [0.5, 0.6) is 0 Å². The van der Waals surface area contributed by atoms with Crippen LogP contribution in [0.3, 0.4) is 0 Å². The maximum Gasteiger partial charge on any atom is 0.265 e. The molecule has 4 heterocycles. The Labute approximate surface area is 154 Å². The number of carbonyl (C=O) groups is 1. The number of thiazole rings is 1. The molecule has 1 aliphatic heterocycles. The molecule has 1 saturated heterocycles. The largest absolute Gasteiger partial charge is 0.468 e. The highest BCUT2D eigenvalue weighted by Gasteiger charge is 2.26. The van der Waals surface area contributed by atoms with E-state index in [0.29, 0.717) is 5.25 Å². The molecule has 0 N–H and O–H groups in total. The minimum absolute atomic E-state index is 0.0918. The molecule has 1 unspecified atom stereocenters. The lowest BCUT2D eigenvalue weighted by Crippen LogP contribution is -2.32. The summed E-state index contributed by atoms with van der Waals surface area (Å²) >= 11 is 3.32. The van der Waals surface area contributed by atoms with E-state index in [1.165, 1.54) is 11.3 Å². The van der Waals surface area contributed by atoms with Crippen molar-refractivity contribution in [1.29, 1.82) is 0 Å². The molecular formula is C18H19N3O2S2. The summed E-state index contributed by atoms with van der Waals surface area (Å²) in [4.78, 5) is 20.3. The first-order valence-electron chi connectivity index (χ1n) is 8.27. The Kier molecular flexibility index (Phi) is 4.67. The van der Waals surface area contributed by atoms with Crippen LogP contribution in [-0.4, -0.2) is 39.2 Å². The molecule has 130 valence electrons. The highest BCUT2D eigenvalue weighted by atomic mass is 32.2. The molecule has 0 radical (unpaired) electrons. The molecule has 1 amide bonds. The first-order chi connectivity index (χ1) is 12.2. The molecule has 0 bridgehead atoms. The van der Waals surface area contributed by atoms with E-state index in [4.69, 9.17) is 4.42 Å². The van der Waals surface area contributed by atoms with Gasteiger partial charge in [-0.25, -0.2) is 4.98 Å². The van der Waals surface area contributed by atoms with Crippen molar-refractivity contribution in [3.63, 3.8) is 0 Å². The van der Waals surface area contributed by atoms with Crippen LogP contribution in [0, 0.1) is 6.92 Å². The Morgan fingerprint density at radius 2 is 2.12 bits per heavy atom. The van der Waals surface area contributed by atoms with Crippen molar-refractivity contribution in [2.45, 2.75) is 18.6 Å².